The van der Waals surface area contributed by atoms with Gasteiger partial charge in [-0.25, -0.2) is 4.39 Å². The number of ether oxygens (including phenoxy) is 1. The van der Waals surface area contributed by atoms with E-state index in [1.54, 1.807) is 19.1 Å². The first-order chi connectivity index (χ1) is 11.6. The monoisotopic (exact) mass is 347 g/mol. The standard InChI is InChI=1S/C19H19ClFNO2/c1-2-24-19(23)18-10-13-6-3-4-7-14(13)11-22(18)12-15-16(20)8-5-9-17(15)21/h3-9,18H,2,10-12H2,1H3. The molecule has 5 heteroatoms. The SMILES string of the molecule is CCOC(=O)C1Cc2ccccc2CN1Cc1c(F)cccc1Cl. The summed E-state index contributed by atoms with van der Waals surface area (Å²) in [5.41, 5.74) is 2.68. The van der Waals surface area contributed by atoms with Gasteiger partial charge in [0, 0.05) is 23.7 Å². The van der Waals surface area contributed by atoms with Crippen LogP contribution in [0.25, 0.3) is 0 Å². The van der Waals surface area contributed by atoms with Gasteiger partial charge < -0.3 is 4.74 Å². The molecular formula is C19H19ClFNO2. The first kappa shape index (κ1) is 16.9. The normalized spacial score (nSPS) is 17.4. The molecule has 0 aromatic heterocycles. The van der Waals surface area contributed by atoms with Gasteiger partial charge in [-0.15, -0.1) is 0 Å². The van der Waals surface area contributed by atoms with Crippen LogP contribution in [0, 0.1) is 5.82 Å². The van der Waals surface area contributed by atoms with E-state index in [-0.39, 0.29) is 18.3 Å². The fourth-order valence-electron chi connectivity index (χ4n) is 3.10. The van der Waals surface area contributed by atoms with Gasteiger partial charge in [-0.05, 0) is 36.6 Å². The van der Waals surface area contributed by atoms with Gasteiger partial charge in [-0.2, -0.15) is 0 Å². The third-order valence-corrected chi connectivity index (χ3v) is 4.68. The number of carbonyl (C=O) groups is 1. The molecule has 2 aromatic rings. The van der Waals surface area contributed by atoms with Crippen LogP contribution in [0.5, 0.6) is 0 Å². The number of hydrogen-bond donors (Lipinski definition) is 0. The summed E-state index contributed by atoms with van der Waals surface area (Å²) in [7, 11) is 0. The summed E-state index contributed by atoms with van der Waals surface area (Å²) < 4.78 is 19.4. The highest BCUT2D eigenvalue weighted by atomic mass is 35.5. The summed E-state index contributed by atoms with van der Waals surface area (Å²) in [5, 5.41) is 0.372. The zero-order valence-electron chi connectivity index (χ0n) is 13.5. The second kappa shape index (κ2) is 7.32. The van der Waals surface area contributed by atoms with Gasteiger partial charge in [0.25, 0.3) is 0 Å². The number of hydrogen-bond acceptors (Lipinski definition) is 3. The molecule has 0 N–H and O–H groups in total. The Bertz CT molecular complexity index is 730. The van der Waals surface area contributed by atoms with E-state index in [2.05, 4.69) is 0 Å². The molecule has 3 rings (SSSR count). The maximum atomic E-state index is 14.2. The molecule has 0 radical (unpaired) electrons. The lowest BCUT2D eigenvalue weighted by Crippen LogP contribution is -2.46. The number of nitrogens with zero attached hydrogens (tertiary/aromatic N) is 1. The van der Waals surface area contributed by atoms with Crippen LogP contribution < -0.4 is 0 Å². The maximum Gasteiger partial charge on any atom is 0.323 e. The van der Waals surface area contributed by atoms with Crippen molar-refractivity contribution in [3.8, 4) is 0 Å². The van der Waals surface area contributed by atoms with E-state index in [9.17, 15) is 9.18 Å². The maximum absolute atomic E-state index is 14.2. The van der Waals surface area contributed by atoms with Gasteiger partial charge in [0.1, 0.15) is 11.9 Å². The molecule has 3 nitrogen and oxygen atoms in total. The topological polar surface area (TPSA) is 29.5 Å². The van der Waals surface area contributed by atoms with Crippen LogP contribution in [0.1, 0.15) is 23.6 Å². The Morgan fingerprint density at radius 3 is 2.71 bits per heavy atom. The van der Waals surface area contributed by atoms with Crippen LogP contribution in [0.15, 0.2) is 42.5 Å². The number of benzene rings is 2. The van der Waals surface area contributed by atoms with Crippen molar-refractivity contribution in [3.63, 3.8) is 0 Å². The van der Waals surface area contributed by atoms with Crippen LogP contribution in [0.4, 0.5) is 4.39 Å². The van der Waals surface area contributed by atoms with Crippen molar-refractivity contribution < 1.29 is 13.9 Å². The molecule has 0 saturated heterocycles. The zero-order valence-corrected chi connectivity index (χ0v) is 14.2. The zero-order chi connectivity index (χ0) is 17.1. The number of rotatable bonds is 4. The largest absolute Gasteiger partial charge is 0.465 e. The van der Waals surface area contributed by atoms with Gasteiger partial charge in [0.2, 0.25) is 0 Å². The number of carbonyl (C=O) groups excluding carboxylic acids is 1. The quantitative estimate of drug-likeness (QED) is 0.784. The molecule has 1 unspecified atom stereocenters. The van der Waals surface area contributed by atoms with E-state index in [4.69, 9.17) is 16.3 Å². The van der Waals surface area contributed by atoms with Crippen molar-refractivity contribution >= 4 is 17.6 Å². The Kier molecular flexibility index (Phi) is 5.17. The van der Waals surface area contributed by atoms with Crippen molar-refractivity contribution in [2.45, 2.75) is 32.5 Å². The van der Waals surface area contributed by atoms with E-state index >= 15 is 0 Å². The number of halogens is 2. The summed E-state index contributed by atoms with van der Waals surface area (Å²) in [6.07, 6.45) is 0.557. The Morgan fingerprint density at radius 1 is 1.25 bits per heavy atom. The molecule has 2 aromatic carbocycles. The van der Waals surface area contributed by atoms with Crippen molar-refractivity contribution in [2.24, 2.45) is 0 Å². The van der Waals surface area contributed by atoms with Crippen molar-refractivity contribution in [3.05, 3.63) is 70.0 Å². The molecule has 1 heterocycles. The molecule has 1 atom stereocenters. The molecule has 126 valence electrons. The third kappa shape index (κ3) is 3.45. The van der Waals surface area contributed by atoms with E-state index in [0.717, 1.165) is 11.1 Å². The molecule has 0 aliphatic carbocycles. The Labute approximate surface area is 146 Å². The third-order valence-electron chi connectivity index (χ3n) is 4.33. The molecule has 1 aliphatic heterocycles. The highest BCUT2D eigenvalue weighted by molar-refractivity contribution is 6.31. The summed E-state index contributed by atoms with van der Waals surface area (Å²) in [6.45, 7) is 2.94. The highest BCUT2D eigenvalue weighted by Gasteiger charge is 2.33. The lowest BCUT2D eigenvalue weighted by Gasteiger charge is -2.35. The van der Waals surface area contributed by atoms with Gasteiger partial charge in [-0.3, -0.25) is 9.69 Å². The van der Waals surface area contributed by atoms with E-state index in [1.807, 2.05) is 29.2 Å². The smallest absolute Gasteiger partial charge is 0.323 e. The molecule has 0 spiro atoms. The van der Waals surface area contributed by atoms with E-state index in [1.165, 1.54) is 6.07 Å². The summed E-state index contributed by atoms with van der Waals surface area (Å²) >= 11 is 6.15. The highest BCUT2D eigenvalue weighted by Crippen LogP contribution is 2.28. The minimum atomic E-state index is -0.435. The Balaban J connectivity index is 1.92. The first-order valence-electron chi connectivity index (χ1n) is 8.00. The average molecular weight is 348 g/mol. The second-order valence-corrected chi connectivity index (χ2v) is 6.25. The minimum Gasteiger partial charge on any atom is -0.465 e. The van der Waals surface area contributed by atoms with Crippen LogP contribution in [-0.4, -0.2) is 23.5 Å². The summed E-state index contributed by atoms with van der Waals surface area (Å²) in [4.78, 5) is 14.3. The Hall–Kier alpha value is -1.91. The van der Waals surface area contributed by atoms with Crippen LogP contribution in [0.3, 0.4) is 0 Å². The van der Waals surface area contributed by atoms with Crippen LogP contribution in [0.2, 0.25) is 5.02 Å². The van der Waals surface area contributed by atoms with Crippen molar-refractivity contribution in [1.82, 2.24) is 4.90 Å². The number of fused-ring (bicyclic) bond motifs is 1. The van der Waals surface area contributed by atoms with Gasteiger partial charge >= 0.3 is 5.97 Å². The Morgan fingerprint density at radius 2 is 2.00 bits per heavy atom. The van der Waals surface area contributed by atoms with E-state index in [0.29, 0.717) is 30.2 Å². The minimum absolute atomic E-state index is 0.267. The fraction of sp³-hybridized carbons (Fsp3) is 0.316. The average Bonchev–Trinajstić information content (AvgIpc) is 2.58. The van der Waals surface area contributed by atoms with Gasteiger partial charge in [0.15, 0.2) is 0 Å². The fourth-order valence-corrected chi connectivity index (χ4v) is 3.32. The predicted molar refractivity (Wildman–Crippen MR) is 91.2 cm³/mol. The van der Waals surface area contributed by atoms with Crippen LogP contribution in [-0.2, 0) is 29.0 Å². The number of esters is 1. The second-order valence-electron chi connectivity index (χ2n) is 5.85. The molecule has 0 bridgehead atoms. The lowest BCUT2D eigenvalue weighted by atomic mass is 9.93. The van der Waals surface area contributed by atoms with Gasteiger partial charge in [0.05, 0.1) is 6.61 Å². The molecular weight excluding hydrogens is 329 g/mol. The summed E-state index contributed by atoms with van der Waals surface area (Å²) in [6, 6.07) is 12.2. The van der Waals surface area contributed by atoms with E-state index < -0.39 is 6.04 Å². The molecule has 0 saturated carbocycles. The van der Waals surface area contributed by atoms with Crippen molar-refractivity contribution in [2.75, 3.05) is 6.61 Å². The molecule has 1 aliphatic rings. The lowest BCUT2D eigenvalue weighted by molar-refractivity contribution is -0.150. The summed E-state index contributed by atoms with van der Waals surface area (Å²) in [5.74, 6) is -0.636. The molecule has 0 fully saturated rings. The van der Waals surface area contributed by atoms with Crippen LogP contribution >= 0.6 is 11.6 Å². The van der Waals surface area contributed by atoms with Gasteiger partial charge in [-0.1, -0.05) is 41.9 Å². The predicted octanol–water partition coefficient (Wildman–Crippen LogP) is 3.97. The molecule has 0 amide bonds. The first-order valence-corrected chi connectivity index (χ1v) is 8.38. The van der Waals surface area contributed by atoms with Crippen molar-refractivity contribution in [1.29, 1.82) is 0 Å². The molecule has 24 heavy (non-hydrogen) atoms.